The van der Waals surface area contributed by atoms with Crippen LogP contribution >= 0.6 is 23.2 Å². The van der Waals surface area contributed by atoms with E-state index in [9.17, 15) is 49.6 Å². The van der Waals surface area contributed by atoms with E-state index >= 15 is 0 Å². The Balaban J connectivity index is 3.08. The fourth-order valence-electron chi connectivity index (χ4n) is 2.95. The zero-order valence-electron chi connectivity index (χ0n) is 18.2. The smallest absolute Gasteiger partial charge is 0.449 e. The number of nitriles is 1. The number of ether oxygens (including phenoxy) is 2. The lowest BCUT2D eigenvalue weighted by atomic mass is 9.90. The minimum absolute atomic E-state index is 0.154. The van der Waals surface area contributed by atoms with Crippen LogP contribution in [0.25, 0.3) is 0 Å². The van der Waals surface area contributed by atoms with Gasteiger partial charge < -0.3 is 9.47 Å². The van der Waals surface area contributed by atoms with Crippen LogP contribution in [0.3, 0.4) is 0 Å². The highest BCUT2D eigenvalue weighted by Crippen LogP contribution is 2.53. The highest BCUT2D eigenvalue weighted by molar-refractivity contribution is 7.96. The fraction of sp³-hybridized carbons (Fsp3) is 0.389. The van der Waals surface area contributed by atoms with Gasteiger partial charge in [0.05, 0.1) is 18.8 Å². The second-order valence-electron chi connectivity index (χ2n) is 6.67. The molecule has 37 heavy (non-hydrogen) atoms. The highest BCUT2D eigenvalue weighted by atomic mass is 35.5. The first kappa shape index (κ1) is 30.1. The third kappa shape index (κ3) is 5.31. The van der Waals surface area contributed by atoms with Gasteiger partial charge in [-0.25, -0.2) is 18.0 Å². The van der Waals surface area contributed by atoms with Crippen LogP contribution in [0.5, 0.6) is 0 Å². The minimum Gasteiger partial charge on any atom is -0.449 e. The summed E-state index contributed by atoms with van der Waals surface area (Å²) in [5, 5.41) is 14.0. The van der Waals surface area contributed by atoms with Crippen LogP contribution in [-0.2, 0) is 31.0 Å². The van der Waals surface area contributed by atoms with E-state index in [2.05, 4.69) is 19.7 Å². The van der Waals surface area contributed by atoms with Gasteiger partial charge in [0.2, 0.25) is 5.54 Å². The molecule has 0 saturated heterocycles. The van der Waals surface area contributed by atoms with E-state index in [0.29, 0.717) is 0 Å². The molecule has 0 bridgehead atoms. The third-order valence-corrected chi connectivity index (χ3v) is 6.63. The summed E-state index contributed by atoms with van der Waals surface area (Å²) in [6, 6.07) is 1.42. The van der Waals surface area contributed by atoms with Crippen molar-refractivity contribution < 1.29 is 53.8 Å². The molecular formula is C18H12Cl2F6N4O6S. The number of alkyl halides is 6. The first-order chi connectivity index (χ1) is 16.9. The van der Waals surface area contributed by atoms with Gasteiger partial charge in [-0.2, -0.15) is 41.6 Å². The maximum Gasteiger partial charge on any atom is 0.501 e. The van der Waals surface area contributed by atoms with E-state index in [1.165, 1.54) is 13.8 Å². The third-order valence-electron chi connectivity index (χ3n) is 4.41. The van der Waals surface area contributed by atoms with Crippen molar-refractivity contribution in [1.29, 1.82) is 5.26 Å². The number of hydrogen-bond acceptors (Lipinski definition) is 9. The van der Waals surface area contributed by atoms with Crippen molar-refractivity contribution in [2.45, 2.75) is 31.1 Å². The number of benzene rings is 1. The molecule has 0 radical (unpaired) electrons. The van der Waals surface area contributed by atoms with E-state index in [4.69, 9.17) is 23.2 Å². The SMILES string of the molecule is CCOC(=O)N(C(=O)OCC)C1=C(S(=O)(=O)C(F)(F)F)C(C#N)(c2c(Cl)cc(C(F)(F)F)cc2Cl)N=N1. The number of amides is 2. The maximum absolute atomic E-state index is 13.8. The molecule has 1 aromatic rings. The number of rotatable bonds is 5. The summed E-state index contributed by atoms with van der Waals surface area (Å²) in [6.45, 7) is 1.50. The van der Waals surface area contributed by atoms with Crippen molar-refractivity contribution in [2.24, 2.45) is 10.2 Å². The van der Waals surface area contributed by atoms with E-state index in [1.54, 1.807) is 0 Å². The molecule has 10 nitrogen and oxygen atoms in total. The normalized spacial score (nSPS) is 18.0. The second-order valence-corrected chi connectivity index (χ2v) is 9.36. The number of hydrogen-bond donors (Lipinski definition) is 0. The molecule has 0 aliphatic carbocycles. The lowest BCUT2D eigenvalue weighted by molar-refractivity contribution is -0.137. The van der Waals surface area contributed by atoms with Crippen molar-refractivity contribution in [1.82, 2.24) is 4.90 Å². The van der Waals surface area contributed by atoms with Crippen molar-refractivity contribution in [3.63, 3.8) is 0 Å². The largest absolute Gasteiger partial charge is 0.501 e. The van der Waals surface area contributed by atoms with Crippen molar-refractivity contribution in [3.05, 3.63) is 44.0 Å². The summed E-state index contributed by atoms with van der Waals surface area (Å²) in [6.07, 6.45) is -8.61. The quantitative estimate of drug-likeness (QED) is 0.385. The first-order valence-corrected chi connectivity index (χ1v) is 11.7. The van der Waals surface area contributed by atoms with Crippen LogP contribution in [0.4, 0.5) is 35.9 Å². The summed E-state index contributed by atoms with van der Waals surface area (Å²) < 4.78 is 115. The number of carbonyl (C=O) groups excluding carboxylic acids is 2. The van der Waals surface area contributed by atoms with Gasteiger partial charge >= 0.3 is 23.9 Å². The van der Waals surface area contributed by atoms with Crippen LogP contribution in [0.1, 0.15) is 25.0 Å². The molecule has 2 amide bonds. The van der Waals surface area contributed by atoms with Crippen LogP contribution in [0.2, 0.25) is 10.0 Å². The van der Waals surface area contributed by atoms with Gasteiger partial charge in [-0.3, -0.25) is 0 Å². The lowest BCUT2D eigenvalue weighted by Crippen LogP contribution is -2.41. The first-order valence-electron chi connectivity index (χ1n) is 9.51. The number of halogens is 8. The lowest BCUT2D eigenvalue weighted by Gasteiger charge is -2.26. The van der Waals surface area contributed by atoms with E-state index < -0.39 is 84.4 Å². The molecule has 0 spiro atoms. The van der Waals surface area contributed by atoms with E-state index in [1.807, 2.05) is 0 Å². The molecule has 1 atom stereocenters. The predicted molar refractivity (Wildman–Crippen MR) is 111 cm³/mol. The van der Waals surface area contributed by atoms with Crippen LogP contribution in [0, 0.1) is 11.3 Å². The fourth-order valence-corrected chi connectivity index (χ4v) is 4.89. The summed E-state index contributed by atoms with van der Waals surface area (Å²) in [4.78, 5) is 22.3. The van der Waals surface area contributed by atoms with E-state index in [-0.39, 0.29) is 17.0 Å². The molecular weight excluding hydrogens is 585 g/mol. The molecule has 1 aliphatic rings. The monoisotopic (exact) mass is 596 g/mol. The van der Waals surface area contributed by atoms with Crippen LogP contribution in [0.15, 0.2) is 33.1 Å². The zero-order chi connectivity index (χ0) is 28.6. The number of azo groups is 1. The van der Waals surface area contributed by atoms with Crippen LogP contribution < -0.4 is 0 Å². The average molecular weight is 597 g/mol. The highest BCUT2D eigenvalue weighted by Gasteiger charge is 2.62. The van der Waals surface area contributed by atoms with E-state index in [0.717, 1.165) is 6.07 Å². The summed E-state index contributed by atoms with van der Waals surface area (Å²) in [5.41, 5.74) is -12.4. The van der Waals surface area contributed by atoms with Gasteiger partial charge in [0.25, 0.3) is 9.84 Å². The van der Waals surface area contributed by atoms with Gasteiger partial charge in [0.1, 0.15) is 11.0 Å². The van der Waals surface area contributed by atoms with Gasteiger partial charge in [0.15, 0.2) is 5.82 Å². The molecule has 1 unspecified atom stereocenters. The van der Waals surface area contributed by atoms with Crippen molar-refractivity contribution in [3.8, 4) is 6.07 Å². The molecule has 2 rings (SSSR count). The molecule has 1 aliphatic heterocycles. The minimum atomic E-state index is -6.73. The number of nitrogens with zero attached hydrogens (tertiary/aromatic N) is 4. The topological polar surface area (TPSA) is 138 Å². The Morgan fingerprint density at radius 1 is 1.05 bits per heavy atom. The molecule has 0 saturated carbocycles. The molecule has 1 heterocycles. The number of carbonyl (C=O) groups is 2. The van der Waals surface area contributed by atoms with Crippen LogP contribution in [-0.4, -0.2) is 44.2 Å². The summed E-state index contributed by atoms with van der Waals surface area (Å²) >= 11 is 11.7. The molecule has 1 aromatic carbocycles. The van der Waals surface area contributed by atoms with Crippen molar-refractivity contribution >= 4 is 45.2 Å². The van der Waals surface area contributed by atoms with Gasteiger partial charge in [-0.05, 0) is 26.0 Å². The Kier molecular flexibility index (Phi) is 8.42. The average Bonchev–Trinajstić information content (AvgIpc) is 3.12. The maximum atomic E-state index is 13.8. The predicted octanol–water partition coefficient (Wildman–Crippen LogP) is 5.92. The Hall–Kier alpha value is -3.10. The molecule has 0 N–H and O–H groups in total. The molecule has 202 valence electrons. The molecule has 0 aromatic heterocycles. The number of sulfone groups is 1. The molecule has 19 heteroatoms. The van der Waals surface area contributed by atoms with Gasteiger partial charge in [-0.1, -0.05) is 23.2 Å². The Morgan fingerprint density at radius 2 is 1.51 bits per heavy atom. The van der Waals surface area contributed by atoms with Gasteiger partial charge in [-0.15, -0.1) is 5.11 Å². The Labute approximate surface area is 213 Å². The van der Waals surface area contributed by atoms with Crippen molar-refractivity contribution in [2.75, 3.05) is 13.2 Å². The molecule has 0 fully saturated rings. The standard InChI is InChI=1S/C18H12Cl2F6N4O6S/c1-3-35-14(31)30(15(32)36-4-2)13-12(37(33,34)18(24,25)26)16(7-27,29-28-13)11-9(19)5-8(6-10(11)20)17(21,22)23/h5-6H,3-4H2,1-2H3. The van der Waals surface area contributed by atoms with Gasteiger partial charge in [0, 0.05) is 15.6 Å². The number of imide groups is 1. The Morgan fingerprint density at radius 3 is 1.86 bits per heavy atom. The summed E-state index contributed by atoms with van der Waals surface area (Å²) in [7, 11) is -6.73. The zero-order valence-corrected chi connectivity index (χ0v) is 20.6. The Bertz CT molecular complexity index is 1300. The summed E-state index contributed by atoms with van der Waals surface area (Å²) in [5.74, 6) is -1.68. The second kappa shape index (κ2) is 10.3.